The Labute approximate surface area is 568 Å². The van der Waals surface area contributed by atoms with E-state index in [2.05, 4.69) is 187 Å². The van der Waals surface area contributed by atoms with Gasteiger partial charge in [-0.3, -0.25) is 0 Å². The first-order chi connectivity index (χ1) is 27.2. The van der Waals surface area contributed by atoms with Crippen molar-refractivity contribution in [3.8, 4) is 17.6 Å². The van der Waals surface area contributed by atoms with Gasteiger partial charge in [0, 0.05) is 30.7 Å². The second kappa shape index (κ2) is 51.8. The average Bonchev–Trinajstić information content (AvgIpc) is 2.93. The zero-order chi connectivity index (χ0) is 53.5. The largest absolute Gasteiger partial charge is 3.00 e. The number of nitrogens with zero attached hydrogens (tertiary/aromatic N) is 1. The Bertz CT molecular complexity index is 1120. The van der Waals surface area contributed by atoms with Crippen molar-refractivity contribution in [3.05, 3.63) is 20.1 Å². The van der Waals surface area contributed by atoms with Crippen LogP contribution in [0.5, 0.6) is 11.5 Å². The predicted octanol–water partition coefficient (Wildman–Crippen LogP) is 21.0. The fraction of sp³-hybridized carbons (Fsp3) is 0.851. The molecule has 24 heteroatoms. The molecule has 2 radical (unpaired) electrons. The molecule has 1 aromatic carbocycles. The van der Waals surface area contributed by atoms with Crippen molar-refractivity contribution >= 4 is 194 Å². The van der Waals surface area contributed by atoms with Crippen LogP contribution >= 0.6 is 140 Å². The number of hydrogen-bond donors (Lipinski definition) is 0. The Balaban J connectivity index is -0.0000000406. The molecule has 0 aliphatic heterocycles. The summed E-state index contributed by atoms with van der Waals surface area (Å²) >= 11 is 50.3. The maximum atomic E-state index is 10.9. The van der Waals surface area contributed by atoms with Crippen LogP contribution in [0.4, 0.5) is 0 Å². The van der Waals surface area contributed by atoms with E-state index in [4.69, 9.17) is 121 Å². The van der Waals surface area contributed by atoms with Gasteiger partial charge in [-0.2, -0.15) is 5.26 Å². The van der Waals surface area contributed by atoms with E-state index in [9.17, 15) is 10.2 Å². The molecule has 71 heavy (non-hydrogen) atoms. The van der Waals surface area contributed by atoms with Gasteiger partial charge in [-0.05, 0) is 187 Å². The van der Waals surface area contributed by atoms with E-state index in [-0.39, 0.29) is 152 Å². The fourth-order valence-corrected chi connectivity index (χ4v) is 31.8. The van der Waals surface area contributed by atoms with E-state index < -0.39 is 45.3 Å². The number of halogens is 10. The fourth-order valence-electron chi connectivity index (χ4n) is 10.7. The first-order valence-electron chi connectivity index (χ1n) is 20.7. The van der Waals surface area contributed by atoms with Crippen LogP contribution in [-0.4, -0.2) is 62.4 Å². The molecule has 0 aromatic heterocycles. The summed E-state index contributed by atoms with van der Waals surface area (Å²) in [7, 11) is -1.17. The molecule has 0 aliphatic rings. The van der Waals surface area contributed by atoms with Crippen LogP contribution < -0.4 is 10.2 Å². The molecule has 0 amide bonds. The van der Waals surface area contributed by atoms with E-state index in [0.717, 1.165) is 0 Å². The van der Waals surface area contributed by atoms with Crippen molar-refractivity contribution < 1.29 is 82.5 Å². The van der Waals surface area contributed by atoms with Crippen LogP contribution in [0.3, 0.4) is 0 Å². The minimum atomic E-state index is -0.934. The van der Waals surface area contributed by atoms with E-state index in [1.165, 1.54) is 6.92 Å². The second-order valence-corrected chi connectivity index (χ2v) is 43.5. The molecule has 0 bridgehead atoms. The number of alkyl halides is 6. The molecule has 3 nitrogen and oxygen atoms in total. The van der Waals surface area contributed by atoms with Crippen molar-refractivity contribution in [2.24, 2.45) is 0 Å². The monoisotopic (exact) mass is 1540 g/mol. The SMILES string of the molecule is CC#N.CC(C)(C)[PH+](C(C)(C)C)C(C)(C)C.CC(C)(C)[PH+](C(C)(C)C)C(C)(C)C.CC(C)(C)[PH+](C(C)(C)C)C(C)(C)C.ClCCl.ClCCl.ClCCl.[Fe+2].[Fe+3].[Fe+3].[Mo+2].[O-]c1c([O-])c(Cl)c(Cl)c(Cl)c1Cl.[S-2].[S-2].[S-2].[S-2]. The summed E-state index contributed by atoms with van der Waals surface area (Å²) in [6.07, 6.45) is 0. The summed E-state index contributed by atoms with van der Waals surface area (Å²) in [5.41, 5.74) is 0. The van der Waals surface area contributed by atoms with Gasteiger partial charge in [0.05, 0.1) is 88.6 Å². The van der Waals surface area contributed by atoms with Crippen LogP contribution in [-0.2, 0) is 126 Å². The number of nitriles is 1. The number of benzene rings is 1. The van der Waals surface area contributed by atoms with Crippen LogP contribution in [0.1, 0.15) is 194 Å². The van der Waals surface area contributed by atoms with Crippen molar-refractivity contribution in [1.82, 2.24) is 0 Å². The number of rotatable bonds is 0. The molecule has 0 saturated carbocycles. The Morgan fingerprint density at radius 1 is 0.352 bits per heavy atom. The molecule has 1 aromatic rings. The molecule has 0 unspecified atom stereocenters. The summed E-state index contributed by atoms with van der Waals surface area (Å²) < 4.78 is 0. The van der Waals surface area contributed by atoms with Gasteiger partial charge in [0.25, 0.3) is 0 Å². The third-order valence-corrected chi connectivity index (χ3v) is 23.2. The summed E-state index contributed by atoms with van der Waals surface area (Å²) in [5.74, 6) is -1.87. The van der Waals surface area contributed by atoms with Crippen LogP contribution in [0.2, 0.25) is 20.1 Å². The van der Waals surface area contributed by atoms with Gasteiger partial charge in [0.1, 0.15) is 0 Å². The van der Waals surface area contributed by atoms with E-state index in [1.807, 2.05) is 0 Å². The quantitative estimate of drug-likeness (QED) is 0.0854. The maximum absolute atomic E-state index is 10.9. The predicted molar refractivity (Wildman–Crippen MR) is 339 cm³/mol. The molecule has 0 saturated heterocycles. The van der Waals surface area contributed by atoms with Gasteiger partial charge in [0.2, 0.25) is 0 Å². The van der Waals surface area contributed by atoms with Crippen LogP contribution in [0.15, 0.2) is 0 Å². The summed E-state index contributed by atoms with van der Waals surface area (Å²) in [5, 5.41) is 32.9. The first kappa shape index (κ1) is 116. The maximum Gasteiger partial charge on any atom is 3.00 e. The molecule has 0 atom stereocenters. The van der Waals surface area contributed by atoms with Gasteiger partial charge < -0.3 is 64.2 Å². The Morgan fingerprint density at radius 3 is 0.465 bits per heavy atom. The molecule has 0 spiro atoms. The molecular formula is C47H93Cl10Fe3MoNO2P3S4+3. The van der Waals surface area contributed by atoms with Gasteiger partial charge in [-0.25, -0.2) is 0 Å². The van der Waals surface area contributed by atoms with Gasteiger partial charge >= 0.3 is 72.3 Å². The molecule has 434 valence electrons. The Morgan fingerprint density at radius 2 is 0.423 bits per heavy atom. The van der Waals surface area contributed by atoms with Crippen molar-refractivity contribution in [2.75, 3.05) is 16.0 Å². The molecular weight excluding hydrogens is 1450 g/mol. The normalized spacial score (nSPS) is 11.0. The minimum absolute atomic E-state index is 0. The van der Waals surface area contributed by atoms with Crippen molar-refractivity contribution in [2.45, 2.75) is 240 Å². The summed E-state index contributed by atoms with van der Waals surface area (Å²) in [6, 6.07) is 1.75. The van der Waals surface area contributed by atoms with Gasteiger partial charge in [0.15, 0.2) is 0 Å². The van der Waals surface area contributed by atoms with Gasteiger partial charge in [-0.1, -0.05) is 57.9 Å². The smallest absolute Gasteiger partial charge is 2.00 e. The molecule has 1 rings (SSSR count). The first-order valence-corrected chi connectivity index (χ1v) is 30.0. The van der Waals surface area contributed by atoms with E-state index >= 15 is 0 Å². The third kappa shape index (κ3) is 59.1. The zero-order valence-electron chi connectivity index (χ0n) is 47.8. The van der Waals surface area contributed by atoms with Crippen molar-refractivity contribution in [3.63, 3.8) is 0 Å². The van der Waals surface area contributed by atoms with Crippen LogP contribution in [0.25, 0.3) is 0 Å². The van der Waals surface area contributed by atoms with Crippen LogP contribution in [0, 0.1) is 11.3 Å². The minimum Gasteiger partial charge on any atom is -2.00 e. The van der Waals surface area contributed by atoms with Crippen molar-refractivity contribution in [1.29, 1.82) is 5.26 Å². The van der Waals surface area contributed by atoms with Gasteiger partial charge in [-0.15, -0.1) is 69.6 Å². The van der Waals surface area contributed by atoms with E-state index in [0.29, 0.717) is 46.4 Å². The summed E-state index contributed by atoms with van der Waals surface area (Å²) in [4.78, 5) is 0. The topological polar surface area (TPSA) is 69.9 Å². The average molecular weight is 1540 g/mol. The Hall–Kier alpha value is 6.15. The molecule has 0 heterocycles. The standard InChI is InChI=1S/3C12H27P.C6H2Cl4O2.C2H3N.3CH2Cl2.3Fe.Mo.4S/c3*1-10(2,3)13(11(4,5)6)12(7,8)9;7-1-2(8)4(10)6(12)5(11)3(1)9;1-2-3;3*2-1-3;;;;;;;;/h3*1-9H3;11-12H;1H3;3*1H2;;;;;;;;/q;;;;;;;;+2;2*+3;+2;4*-2/p+1. The summed E-state index contributed by atoms with van der Waals surface area (Å²) in [6.45, 7) is 66.2. The third-order valence-electron chi connectivity index (χ3n) is 7.93. The zero-order valence-corrected chi connectivity index (χ0v) is 66.9. The second-order valence-electron chi connectivity index (χ2n) is 23.8. The Kier molecular flexibility index (Phi) is 84.4. The number of hydrogen-bond acceptors (Lipinski definition) is 3. The molecule has 0 N–H and O–H groups in total. The van der Waals surface area contributed by atoms with E-state index in [1.54, 1.807) is 6.07 Å². The molecule has 0 aliphatic carbocycles. The molecule has 0 fully saturated rings.